The van der Waals surface area contributed by atoms with Crippen LogP contribution in [0.15, 0.2) is 33.5 Å². The Morgan fingerprint density at radius 3 is 2.19 bits per heavy atom. The molecule has 0 unspecified atom stereocenters. The SMILES string of the molecule is Cc1cc(=O)oc2cc(NC(=O)Cc3c(F)c(F)c(F)c(F)c3F)ccc12. The maximum Gasteiger partial charge on any atom is 0.336 e. The van der Waals surface area contributed by atoms with Crippen molar-refractivity contribution in [2.45, 2.75) is 13.3 Å². The van der Waals surface area contributed by atoms with Gasteiger partial charge in [0, 0.05) is 28.8 Å². The minimum atomic E-state index is -2.30. The van der Waals surface area contributed by atoms with Crippen molar-refractivity contribution in [3.63, 3.8) is 0 Å². The third-order valence-corrected chi connectivity index (χ3v) is 3.87. The number of hydrogen-bond donors (Lipinski definition) is 1. The molecular weight excluding hydrogens is 373 g/mol. The molecule has 27 heavy (non-hydrogen) atoms. The van der Waals surface area contributed by atoms with Crippen LogP contribution in [0.3, 0.4) is 0 Å². The Morgan fingerprint density at radius 1 is 0.963 bits per heavy atom. The molecule has 0 spiro atoms. The number of halogens is 5. The third-order valence-electron chi connectivity index (χ3n) is 3.87. The number of aryl methyl sites for hydroxylation is 1. The van der Waals surface area contributed by atoms with Gasteiger partial charge >= 0.3 is 5.63 Å². The number of carbonyl (C=O) groups excluding carboxylic acids is 1. The molecule has 3 aromatic rings. The van der Waals surface area contributed by atoms with Gasteiger partial charge in [-0.3, -0.25) is 4.79 Å². The molecule has 0 bridgehead atoms. The number of carbonyl (C=O) groups is 1. The summed E-state index contributed by atoms with van der Waals surface area (Å²) in [5.41, 5.74) is -0.934. The summed E-state index contributed by atoms with van der Waals surface area (Å²) >= 11 is 0. The molecule has 0 aliphatic rings. The van der Waals surface area contributed by atoms with Gasteiger partial charge in [-0.15, -0.1) is 0 Å². The average Bonchev–Trinajstić information content (AvgIpc) is 2.61. The van der Waals surface area contributed by atoms with Gasteiger partial charge in [-0.05, 0) is 24.6 Å². The van der Waals surface area contributed by atoms with E-state index in [0.717, 1.165) is 0 Å². The second-order valence-electron chi connectivity index (χ2n) is 5.73. The van der Waals surface area contributed by atoms with Crippen LogP contribution in [0.25, 0.3) is 11.0 Å². The highest BCUT2D eigenvalue weighted by Crippen LogP contribution is 2.24. The molecule has 1 amide bonds. The maximum atomic E-state index is 13.6. The number of rotatable bonds is 3. The van der Waals surface area contributed by atoms with Crippen LogP contribution in [0.2, 0.25) is 0 Å². The second kappa shape index (κ2) is 6.82. The fraction of sp³-hybridized carbons (Fsp3) is 0.111. The molecular formula is C18H10F5NO3. The molecule has 9 heteroatoms. The summed E-state index contributed by atoms with van der Waals surface area (Å²) in [6, 6.07) is 5.57. The zero-order valence-corrected chi connectivity index (χ0v) is 13.6. The maximum absolute atomic E-state index is 13.6. The number of fused-ring (bicyclic) bond motifs is 1. The van der Waals surface area contributed by atoms with Crippen molar-refractivity contribution in [3.05, 3.63) is 74.9 Å². The van der Waals surface area contributed by atoms with Crippen molar-refractivity contribution in [2.24, 2.45) is 0 Å². The highest BCUT2D eigenvalue weighted by atomic mass is 19.2. The van der Waals surface area contributed by atoms with E-state index in [-0.39, 0.29) is 11.3 Å². The van der Waals surface area contributed by atoms with E-state index in [2.05, 4.69) is 5.32 Å². The van der Waals surface area contributed by atoms with Crippen molar-refractivity contribution in [1.82, 2.24) is 0 Å². The standard InChI is InChI=1S/C18H10F5NO3/c1-7-4-13(26)27-11-5-8(2-3-9(7)11)24-12(25)6-10-14(19)16(21)18(23)17(22)15(10)20/h2-5H,6H2,1H3,(H,24,25). The van der Waals surface area contributed by atoms with Crippen LogP contribution in [0.1, 0.15) is 11.1 Å². The lowest BCUT2D eigenvalue weighted by atomic mass is 10.1. The minimum Gasteiger partial charge on any atom is -0.423 e. The number of nitrogens with one attached hydrogen (secondary N) is 1. The molecule has 1 aromatic heterocycles. The zero-order chi connectivity index (χ0) is 19.9. The molecule has 0 aliphatic heterocycles. The first-order chi connectivity index (χ1) is 12.7. The van der Waals surface area contributed by atoms with Crippen LogP contribution in [-0.2, 0) is 11.2 Å². The summed E-state index contributed by atoms with van der Waals surface area (Å²) in [5.74, 6) is -11.7. The van der Waals surface area contributed by atoms with Gasteiger partial charge < -0.3 is 9.73 Å². The van der Waals surface area contributed by atoms with E-state index in [1.807, 2.05) is 0 Å². The van der Waals surface area contributed by atoms with Crippen LogP contribution >= 0.6 is 0 Å². The highest BCUT2D eigenvalue weighted by Gasteiger charge is 2.26. The van der Waals surface area contributed by atoms with Crippen molar-refractivity contribution in [1.29, 1.82) is 0 Å². The second-order valence-corrected chi connectivity index (χ2v) is 5.73. The summed E-state index contributed by atoms with van der Waals surface area (Å²) in [5, 5.41) is 2.86. The molecule has 2 aromatic carbocycles. The van der Waals surface area contributed by atoms with E-state index in [0.29, 0.717) is 10.9 Å². The quantitative estimate of drug-likeness (QED) is 0.322. The highest BCUT2D eigenvalue weighted by molar-refractivity contribution is 5.94. The first kappa shape index (κ1) is 18.6. The molecule has 0 aliphatic carbocycles. The van der Waals surface area contributed by atoms with Crippen LogP contribution in [0.5, 0.6) is 0 Å². The van der Waals surface area contributed by atoms with E-state index >= 15 is 0 Å². The third kappa shape index (κ3) is 3.40. The first-order valence-corrected chi connectivity index (χ1v) is 7.53. The molecule has 1 heterocycles. The lowest BCUT2D eigenvalue weighted by molar-refractivity contribution is -0.115. The summed E-state index contributed by atoms with van der Waals surface area (Å²) in [7, 11) is 0. The monoisotopic (exact) mass is 383 g/mol. The number of benzene rings is 2. The molecule has 0 saturated heterocycles. The van der Waals surface area contributed by atoms with Crippen molar-refractivity contribution >= 4 is 22.6 Å². The topological polar surface area (TPSA) is 59.3 Å². The fourth-order valence-corrected chi connectivity index (χ4v) is 2.57. The van der Waals surface area contributed by atoms with Gasteiger partial charge in [0.1, 0.15) is 5.58 Å². The van der Waals surface area contributed by atoms with Crippen molar-refractivity contribution in [2.75, 3.05) is 5.32 Å². The Kier molecular flexibility index (Phi) is 4.69. The van der Waals surface area contributed by atoms with Crippen molar-refractivity contribution < 1.29 is 31.2 Å². The van der Waals surface area contributed by atoms with E-state index in [1.165, 1.54) is 18.2 Å². The van der Waals surface area contributed by atoms with E-state index < -0.39 is 52.6 Å². The Bertz CT molecular complexity index is 1110. The van der Waals surface area contributed by atoms with Gasteiger partial charge in [0.15, 0.2) is 23.3 Å². The molecule has 3 rings (SSSR count). The van der Waals surface area contributed by atoms with Crippen LogP contribution in [-0.4, -0.2) is 5.91 Å². The molecule has 0 atom stereocenters. The molecule has 1 N–H and O–H groups in total. The summed E-state index contributed by atoms with van der Waals surface area (Å²) in [6.07, 6.45) is -1.08. The van der Waals surface area contributed by atoms with E-state index in [1.54, 1.807) is 13.0 Å². The Hall–Kier alpha value is -3.23. The van der Waals surface area contributed by atoms with Gasteiger partial charge in [-0.25, -0.2) is 26.7 Å². The summed E-state index contributed by atoms with van der Waals surface area (Å²) in [6.45, 7) is 1.68. The van der Waals surface area contributed by atoms with Crippen LogP contribution in [0, 0.1) is 36.0 Å². The number of amides is 1. The summed E-state index contributed by atoms with van der Waals surface area (Å²) < 4.78 is 71.7. The van der Waals surface area contributed by atoms with Crippen LogP contribution < -0.4 is 10.9 Å². The van der Waals surface area contributed by atoms with E-state index in [4.69, 9.17) is 4.42 Å². The average molecular weight is 383 g/mol. The molecule has 140 valence electrons. The van der Waals surface area contributed by atoms with E-state index in [9.17, 15) is 31.5 Å². The zero-order valence-electron chi connectivity index (χ0n) is 13.6. The molecule has 0 fully saturated rings. The Balaban J connectivity index is 1.89. The van der Waals surface area contributed by atoms with Gasteiger partial charge in [-0.2, -0.15) is 0 Å². The van der Waals surface area contributed by atoms with Crippen molar-refractivity contribution in [3.8, 4) is 0 Å². The smallest absolute Gasteiger partial charge is 0.336 e. The molecule has 0 radical (unpaired) electrons. The lowest BCUT2D eigenvalue weighted by Gasteiger charge is -2.09. The molecule has 0 saturated carbocycles. The minimum absolute atomic E-state index is 0.116. The van der Waals surface area contributed by atoms with Crippen LogP contribution in [0.4, 0.5) is 27.6 Å². The Labute approximate surface area is 148 Å². The largest absolute Gasteiger partial charge is 0.423 e. The predicted molar refractivity (Wildman–Crippen MR) is 85.8 cm³/mol. The molecule has 4 nitrogen and oxygen atoms in total. The first-order valence-electron chi connectivity index (χ1n) is 7.53. The lowest BCUT2D eigenvalue weighted by Crippen LogP contribution is -2.18. The van der Waals surface area contributed by atoms with Gasteiger partial charge in [0.2, 0.25) is 11.7 Å². The van der Waals surface area contributed by atoms with Gasteiger partial charge in [0.25, 0.3) is 0 Å². The normalized spacial score (nSPS) is 11.0. The predicted octanol–water partition coefficient (Wildman–Crippen LogP) is 3.98. The fourth-order valence-electron chi connectivity index (χ4n) is 2.57. The summed E-state index contributed by atoms with van der Waals surface area (Å²) in [4.78, 5) is 23.4. The number of anilines is 1. The van der Waals surface area contributed by atoms with Gasteiger partial charge in [-0.1, -0.05) is 0 Å². The Morgan fingerprint density at radius 2 is 1.56 bits per heavy atom. The van der Waals surface area contributed by atoms with Gasteiger partial charge in [0.05, 0.1) is 6.42 Å². The number of hydrogen-bond acceptors (Lipinski definition) is 3.